The van der Waals surface area contributed by atoms with Gasteiger partial charge in [-0.05, 0) is 5.56 Å². The number of hydrogen-bond acceptors (Lipinski definition) is 1. The minimum absolute atomic E-state index is 0.244. The third-order valence-corrected chi connectivity index (χ3v) is 2.51. The summed E-state index contributed by atoms with van der Waals surface area (Å²) >= 11 is 0. The first-order valence-corrected chi connectivity index (χ1v) is 5.77. The lowest BCUT2D eigenvalue weighted by Gasteiger charge is -2.06. The van der Waals surface area contributed by atoms with Gasteiger partial charge in [-0.2, -0.15) is 0 Å². The van der Waals surface area contributed by atoms with Crippen LogP contribution in [-0.4, -0.2) is 6.54 Å². The van der Waals surface area contributed by atoms with E-state index in [4.69, 9.17) is 0 Å². The van der Waals surface area contributed by atoms with E-state index in [1.54, 1.807) is 6.08 Å². The Balaban J connectivity index is 1.98. The van der Waals surface area contributed by atoms with Crippen molar-refractivity contribution in [3.05, 3.63) is 71.6 Å². The molecule has 2 rings (SSSR count). The molecule has 0 saturated heterocycles. The van der Waals surface area contributed by atoms with Gasteiger partial charge in [0.2, 0.25) is 0 Å². The lowest BCUT2D eigenvalue weighted by Crippen LogP contribution is -2.04. The van der Waals surface area contributed by atoms with Gasteiger partial charge in [0, 0.05) is 18.7 Å². The highest BCUT2D eigenvalue weighted by Crippen LogP contribution is 2.19. The summed E-state index contributed by atoms with van der Waals surface area (Å²) < 4.78 is 39.3. The maximum Gasteiger partial charge on any atom is 0.152 e. The molecule has 0 aromatic heterocycles. The molecule has 0 bridgehead atoms. The first kappa shape index (κ1) is 13.2. The monoisotopic (exact) mass is 263 g/mol. The molecule has 19 heavy (non-hydrogen) atoms. The molecule has 0 amide bonds. The zero-order chi connectivity index (χ0) is 13.7. The highest BCUT2D eigenvalue weighted by atomic mass is 19.1. The summed E-state index contributed by atoms with van der Waals surface area (Å²) in [5.41, 5.74) is 0.670. The Morgan fingerprint density at radius 1 is 0.947 bits per heavy atom. The lowest BCUT2D eigenvalue weighted by molar-refractivity contribution is 0.548. The predicted molar refractivity (Wildman–Crippen MR) is 70.3 cm³/mol. The smallest absolute Gasteiger partial charge is 0.152 e. The largest absolute Gasteiger partial charge is 0.377 e. The molecule has 1 N–H and O–H groups in total. The Bertz CT molecular complexity index is 556. The van der Waals surface area contributed by atoms with Crippen LogP contribution in [0.25, 0.3) is 6.08 Å². The maximum absolute atomic E-state index is 13.3. The summed E-state index contributed by atoms with van der Waals surface area (Å²) in [5, 5.41) is 2.58. The molecule has 0 aliphatic carbocycles. The minimum Gasteiger partial charge on any atom is -0.377 e. The average molecular weight is 263 g/mol. The Hall–Kier alpha value is -2.23. The average Bonchev–Trinajstić information content (AvgIpc) is 2.38. The molecule has 0 spiro atoms. The number of halogens is 3. The van der Waals surface area contributed by atoms with Gasteiger partial charge < -0.3 is 5.32 Å². The molecule has 0 radical (unpaired) electrons. The summed E-state index contributed by atoms with van der Waals surface area (Å²) in [4.78, 5) is 0. The van der Waals surface area contributed by atoms with Gasteiger partial charge in [0.25, 0.3) is 0 Å². The fourth-order valence-electron chi connectivity index (χ4n) is 1.63. The van der Waals surface area contributed by atoms with E-state index in [0.717, 1.165) is 5.56 Å². The maximum atomic E-state index is 13.3. The van der Waals surface area contributed by atoms with Crippen molar-refractivity contribution in [2.24, 2.45) is 0 Å². The Labute approximate surface area is 109 Å². The molecule has 0 unspecified atom stereocenters. The topological polar surface area (TPSA) is 12.0 Å². The molecule has 0 atom stereocenters. The summed E-state index contributed by atoms with van der Waals surface area (Å²) in [6, 6.07) is 10.8. The highest BCUT2D eigenvalue weighted by Gasteiger charge is 2.09. The zero-order valence-electron chi connectivity index (χ0n) is 10.0. The van der Waals surface area contributed by atoms with E-state index in [0.29, 0.717) is 12.1 Å². The molecule has 0 saturated carbocycles. The van der Waals surface area contributed by atoms with Gasteiger partial charge >= 0.3 is 0 Å². The van der Waals surface area contributed by atoms with Gasteiger partial charge in [-0.3, -0.25) is 0 Å². The molecule has 1 nitrogen and oxygen atoms in total. The van der Waals surface area contributed by atoms with Crippen LogP contribution < -0.4 is 5.32 Å². The highest BCUT2D eigenvalue weighted by molar-refractivity contribution is 5.51. The minimum atomic E-state index is -0.939. The van der Waals surface area contributed by atoms with Gasteiger partial charge in [0.15, 0.2) is 11.6 Å². The lowest BCUT2D eigenvalue weighted by atomic mass is 10.2. The molecule has 0 aliphatic rings. The number of rotatable bonds is 4. The van der Waals surface area contributed by atoms with Crippen LogP contribution in [0.5, 0.6) is 0 Å². The second-order valence-electron chi connectivity index (χ2n) is 3.94. The Kier molecular flexibility index (Phi) is 4.23. The van der Waals surface area contributed by atoms with Crippen molar-refractivity contribution in [3.63, 3.8) is 0 Å². The van der Waals surface area contributed by atoms with E-state index >= 15 is 0 Å². The van der Waals surface area contributed by atoms with Crippen LogP contribution in [0.3, 0.4) is 0 Å². The number of hydrogen-bond donors (Lipinski definition) is 1. The fraction of sp³-hybridized carbons (Fsp3) is 0.0667. The fourth-order valence-corrected chi connectivity index (χ4v) is 1.63. The van der Waals surface area contributed by atoms with Crippen molar-refractivity contribution in [3.8, 4) is 0 Å². The summed E-state index contributed by atoms with van der Waals surface area (Å²) in [6.07, 6.45) is 3.56. The SMILES string of the molecule is Fc1cc(F)c(NCC=Cc2ccccc2)c(F)c1. The molecular formula is C15H12F3N. The van der Waals surface area contributed by atoms with Gasteiger partial charge in [0.1, 0.15) is 11.5 Å². The van der Waals surface area contributed by atoms with Crippen LogP contribution >= 0.6 is 0 Å². The van der Waals surface area contributed by atoms with Crippen molar-refractivity contribution in [1.82, 2.24) is 0 Å². The summed E-state index contributed by atoms with van der Waals surface area (Å²) in [7, 11) is 0. The molecule has 0 heterocycles. The quantitative estimate of drug-likeness (QED) is 0.870. The molecular weight excluding hydrogens is 251 g/mol. The number of benzene rings is 2. The summed E-state index contributed by atoms with van der Waals surface area (Å²) in [6.45, 7) is 0.244. The normalized spacial score (nSPS) is 10.9. The van der Waals surface area contributed by atoms with Crippen molar-refractivity contribution in [2.45, 2.75) is 0 Å². The first-order chi connectivity index (χ1) is 9.16. The van der Waals surface area contributed by atoms with E-state index in [-0.39, 0.29) is 12.2 Å². The zero-order valence-corrected chi connectivity index (χ0v) is 10.0. The van der Waals surface area contributed by atoms with Crippen LogP contribution in [-0.2, 0) is 0 Å². The van der Waals surface area contributed by atoms with Crippen LogP contribution in [0.4, 0.5) is 18.9 Å². The van der Waals surface area contributed by atoms with Crippen molar-refractivity contribution >= 4 is 11.8 Å². The second-order valence-corrected chi connectivity index (χ2v) is 3.94. The predicted octanol–water partition coefficient (Wildman–Crippen LogP) is 4.23. The van der Waals surface area contributed by atoms with Crippen LogP contribution in [0.1, 0.15) is 5.56 Å². The van der Waals surface area contributed by atoms with Gasteiger partial charge in [-0.1, -0.05) is 42.5 Å². The van der Waals surface area contributed by atoms with Crippen molar-refractivity contribution in [1.29, 1.82) is 0 Å². The third kappa shape index (κ3) is 3.61. The van der Waals surface area contributed by atoms with E-state index in [9.17, 15) is 13.2 Å². The van der Waals surface area contributed by atoms with E-state index < -0.39 is 17.5 Å². The van der Waals surface area contributed by atoms with E-state index in [1.165, 1.54) is 0 Å². The van der Waals surface area contributed by atoms with Gasteiger partial charge in [-0.15, -0.1) is 0 Å². The standard InChI is InChI=1S/C15H12F3N/c16-12-9-13(17)15(14(18)10-12)19-8-4-7-11-5-2-1-3-6-11/h1-7,9-10,19H,8H2. The van der Waals surface area contributed by atoms with Gasteiger partial charge in [-0.25, -0.2) is 13.2 Å². The molecule has 98 valence electrons. The second kappa shape index (κ2) is 6.09. The molecule has 4 heteroatoms. The van der Waals surface area contributed by atoms with Crippen LogP contribution in [0.2, 0.25) is 0 Å². The van der Waals surface area contributed by atoms with Crippen LogP contribution in [0.15, 0.2) is 48.5 Å². The first-order valence-electron chi connectivity index (χ1n) is 5.77. The molecule has 0 aliphatic heterocycles. The van der Waals surface area contributed by atoms with Gasteiger partial charge in [0.05, 0.1) is 0 Å². The summed E-state index contributed by atoms with van der Waals surface area (Å²) in [5.74, 6) is -2.81. The number of nitrogens with one attached hydrogen (secondary N) is 1. The molecule has 2 aromatic carbocycles. The Morgan fingerprint density at radius 2 is 1.58 bits per heavy atom. The van der Waals surface area contributed by atoms with Crippen molar-refractivity contribution in [2.75, 3.05) is 11.9 Å². The third-order valence-electron chi connectivity index (χ3n) is 2.51. The molecule has 2 aromatic rings. The van der Waals surface area contributed by atoms with Crippen LogP contribution in [0, 0.1) is 17.5 Å². The molecule has 0 fully saturated rings. The van der Waals surface area contributed by atoms with Crippen molar-refractivity contribution < 1.29 is 13.2 Å². The van der Waals surface area contributed by atoms with E-state index in [1.807, 2.05) is 36.4 Å². The van der Waals surface area contributed by atoms with E-state index in [2.05, 4.69) is 5.32 Å². The Morgan fingerprint density at radius 3 is 2.21 bits per heavy atom. The number of anilines is 1.